The van der Waals surface area contributed by atoms with Gasteiger partial charge in [0.2, 0.25) is 0 Å². The lowest BCUT2D eigenvalue weighted by Crippen LogP contribution is -2.62. The molecule has 0 bridgehead atoms. The standard InChI is InChI=1S/C24H40O5.2C24H40O4/c1-13(4-7-21(28)29)16-5-6-17-22-18(12-20(27)24(16,17)3)23(2)9-8-15(25)10-14(23)11-19(22)26;1-14(4-9-22(27)28)18-7-8-19-17-6-5-15-12-16(25)10-11-23(15,2)20(17)13-21(26)24(18,19)3;1-14(4-7-21(27)28)17-5-6-18-22-19(9-11-24(17,18)3)23(2)10-8-16(25)12-15(23)13-20(22)26/h13-20,22,25-27H,4-12H2,1-3H3,(H,28,29);14-21,25-26H,4-13H2,1-3H3,(H,27,28);14-20,22,25-26H,4-13H2,1-3H3,(H,27,28)/t13-,14+,15-,16-,17+,18+,19-,20+,22+,23+,24-;14-,15-,16-,17+,18-,19+,20+,21+,23+,24-;14-,15+,16-,17-,18+,19+,20-,22+,23+,24-/m111/s1. The van der Waals surface area contributed by atoms with Crippen molar-refractivity contribution in [3.05, 3.63) is 0 Å². The molecule has 85 heavy (non-hydrogen) atoms. The first kappa shape index (κ1) is 66.1. The summed E-state index contributed by atoms with van der Waals surface area (Å²) in [4.78, 5) is 33.2. The Balaban J connectivity index is 0.000000142. The van der Waals surface area contributed by atoms with Crippen molar-refractivity contribution in [2.24, 2.45) is 139 Å². The van der Waals surface area contributed by atoms with Crippen molar-refractivity contribution in [1.29, 1.82) is 0 Å². The molecule has 0 saturated heterocycles. The molecule has 0 heterocycles. The monoisotopic (exact) mass is 1190 g/mol. The maximum absolute atomic E-state index is 11.5. The van der Waals surface area contributed by atoms with Crippen molar-refractivity contribution in [3.63, 3.8) is 0 Å². The molecule has 0 unspecified atom stereocenters. The number of hydrogen-bond acceptors (Lipinski definition) is 10. The smallest absolute Gasteiger partial charge is 0.303 e. The number of aliphatic hydroxyl groups is 7. The van der Waals surface area contributed by atoms with Crippen molar-refractivity contribution < 1.29 is 65.4 Å². The van der Waals surface area contributed by atoms with Crippen LogP contribution < -0.4 is 0 Å². The highest BCUT2D eigenvalue weighted by atomic mass is 16.4. The molecule has 0 aromatic carbocycles. The number of carboxylic acids is 3. The van der Waals surface area contributed by atoms with Gasteiger partial charge in [0.1, 0.15) is 0 Å². The summed E-state index contributed by atoms with van der Waals surface area (Å²) in [5, 5.41) is 103. The molecule has 13 nitrogen and oxygen atoms in total. The normalized spacial score (nSPS) is 52.1. The molecule has 31 atom stereocenters. The van der Waals surface area contributed by atoms with Gasteiger partial charge in [-0.15, -0.1) is 0 Å². The second kappa shape index (κ2) is 25.0. The molecular formula is C72H120O13. The maximum Gasteiger partial charge on any atom is 0.303 e. The summed E-state index contributed by atoms with van der Waals surface area (Å²) in [5.41, 5.74) is 0.596. The summed E-state index contributed by atoms with van der Waals surface area (Å²) < 4.78 is 0. The van der Waals surface area contributed by atoms with Gasteiger partial charge < -0.3 is 51.1 Å². The minimum Gasteiger partial charge on any atom is -0.481 e. The Morgan fingerprint density at radius 1 is 0.365 bits per heavy atom. The molecule has 0 aromatic heterocycles. The number of hydrogen-bond donors (Lipinski definition) is 10. The number of fused-ring (bicyclic) bond motifs is 15. The zero-order chi connectivity index (χ0) is 61.7. The van der Waals surface area contributed by atoms with Crippen LogP contribution in [0.15, 0.2) is 0 Å². The van der Waals surface area contributed by atoms with Crippen LogP contribution in [0.1, 0.15) is 249 Å². The van der Waals surface area contributed by atoms with E-state index < -0.39 is 24.0 Å². The quantitative estimate of drug-likeness (QED) is 0.0874. The highest BCUT2D eigenvalue weighted by Gasteiger charge is 2.68. The Labute approximate surface area is 511 Å². The third-order valence-electron chi connectivity index (χ3n) is 30.9. The van der Waals surface area contributed by atoms with Gasteiger partial charge in [0.25, 0.3) is 0 Å². The van der Waals surface area contributed by atoms with Crippen molar-refractivity contribution in [1.82, 2.24) is 0 Å². The zero-order valence-electron chi connectivity index (χ0n) is 54.1. The lowest BCUT2D eigenvalue weighted by Gasteiger charge is -2.63. The fraction of sp³-hybridized carbons (Fsp3) is 0.958. The van der Waals surface area contributed by atoms with Gasteiger partial charge in [-0.1, -0.05) is 62.3 Å². The first-order valence-electron chi connectivity index (χ1n) is 35.3. The van der Waals surface area contributed by atoms with Gasteiger partial charge in [-0.3, -0.25) is 14.4 Å². The van der Waals surface area contributed by atoms with Crippen LogP contribution in [0.4, 0.5) is 0 Å². The molecule has 0 aliphatic heterocycles. The van der Waals surface area contributed by atoms with Crippen LogP contribution >= 0.6 is 0 Å². The van der Waals surface area contributed by atoms with E-state index in [1.165, 1.54) is 44.9 Å². The fourth-order valence-electron chi connectivity index (χ4n) is 26.1. The number of rotatable bonds is 12. The molecule has 0 radical (unpaired) electrons. The molecule has 12 rings (SSSR count). The summed E-state index contributed by atoms with van der Waals surface area (Å²) in [6.07, 6.45) is 24.5. The first-order valence-corrected chi connectivity index (χ1v) is 35.3. The molecule has 486 valence electrons. The number of carboxylic acid groups (broad SMARTS) is 3. The van der Waals surface area contributed by atoms with Crippen molar-refractivity contribution in [2.75, 3.05) is 0 Å². The molecule has 12 saturated carbocycles. The molecule has 13 heteroatoms. The Hall–Kier alpha value is -1.87. The SMILES string of the molecule is C[C@H](CCC(=O)O)[C@H]1CC[C@H]2[C@@H]3CC[C@@H]4C[C@H](O)CC[C@]4(C)[C@H]3C[C@H](O)[C@]12C.C[C@H](CCC(=O)O)[C@H]1CC[C@H]2[C@@H]3[C@H](O)C[C@@H]4C[C@H](O)CC[C@]4(C)[C@H]3CC[C@]12C.C[C@H](CCC(=O)O)[C@H]1CC[C@H]2[C@@H]3[C@H](O)C[C@@H]4C[C@H](O)CC[C@]4(C)[C@H]3C[C@H](O)[C@]12C. The summed E-state index contributed by atoms with van der Waals surface area (Å²) >= 11 is 0. The Kier molecular flexibility index (Phi) is 19.4. The van der Waals surface area contributed by atoms with Crippen molar-refractivity contribution in [3.8, 4) is 0 Å². The molecule has 0 amide bonds. The molecule has 10 N–H and O–H groups in total. The molecule has 12 fully saturated rings. The van der Waals surface area contributed by atoms with Crippen LogP contribution in [0.25, 0.3) is 0 Å². The Bertz CT molecular complexity index is 2340. The number of aliphatic hydroxyl groups excluding tert-OH is 7. The van der Waals surface area contributed by atoms with Crippen LogP contribution in [0.5, 0.6) is 0 Å². The van der Waals surface area contributed by atoms with E-state index in [-0.39, 0.29) is 100 Å². The van der Waals surface area contributed by atoms with Gasteiger partial charge >= 0.3 is 17.9 Å². The molecule has 12 aliphatic carbocycles. The average molecular weight is 1190 g/mol. The topological polar surface area (TPSA) is 254 Å². The van der Waals surface area contributed by atoms with E-state index in [2.05, 4.69) is 62.3 Å². The van der Waals surface area contributed by atoms with Crippen LogP contribution in [0.2, 0.25) is 0 Å². The van der Waals surface area contributed by atoms with Crippen molar-refractivity contribution in [2.45, 2.75) is 291 Å². The maximum atomic E-state index is 11.5. The number of carbonyl (C=O) groups is 3. The predicted octanol–water partition coefficient (Wildman–Crippen LogP) is 12.4. The largest absolute Gasteiger partial charge is 0.481 e. The van der Waals surface area contributed by atoms with Crippen LogP contribution in [-0.2, 0) is 14.4 Å². The minimum atomic E-state index is -0.748. The molecule has 0 spiro atoms. The van der Waals surface area contributed by atoms with E-state index in [0.29, 0.717) is 101 Å². The molecular weight excluding hydrogens is 1070 g/mol. The summed E-state index contributed by atoms with van der Waals surface area (Å²) in [7, 11) is 0. The van der Waals surface area contributed by atoms with Gasteiger partial charge in [0.15, 0.2) is 0 Å². The summed E-state index contributed by atoms with van der Waals surface area (Å²) in [5.74, 6) is 5.90. The van der Waals surface area contributed by atoms with Gasteiger partial charge in [-0.05, 0) is 306 Å². The summed E-state index contributed by atoms with van der Waals surface area (Å²) in [6, 6.07) is 0. The van der Waals surface area contributed by atoms with Gasteiger partial charge in [-0.25, -0.2) is 0 Å². The van der Waals surface area contributed by atoms with E-state index >= 15 is 0 Å². The van der Waals surface area contributed by atoms with E-state index in [1.807, 2.05) is 0 Å². The lowest BCUT2D eigenvalue weighted by molar-refractivity contribution is -0.207. The fourth-order valence-corrected chi connectivity index (χ4v) is 26.1. The van der Waals surface area contributed by atoms with E-state index in [1.54, 1.807) is 0 Å². The molecule has 0 aromatic rings. The highest BCUT2D eigenvalue weighted by molar-refractivity contribution is 5.67. The van der Waals surface area contributed by atoms with Gasteiger partial charge in [-0.2, -0.15) is 0 Å². The third kappa shape index (κ3) is 11.6. The minimum absolute atomic E-state index is 0.0591. The van der Waals surface area contributed by atoms with E-state index in [9.17, 15) is 50.1 Å². The Morgan fingerprint density at radius 3 is 1.22 bits per heavy atom. The first-order chi connectivity index (χ1) is 39.9. The lowest BCUT2D eigenvalue weighted by atomic mass is 9.43. The second-order valence-corrected chi connectivity index (χ2v) is 34.1. The highest BCUT2D eigenvalue weighted by Crippen LogP contribution is 2.72. The van der Waals surface area contributed by atoms with Crippen LogP contribution in [0, 0.1) is 139 Å². The van der Waals surface area contributed by atoms with E-state index in [0.717, 1.165) is 116 Å². The van der Waals surface area contributed by atoms with E-state index in [4.69, 9.17) is 15.3 Å². The Morgan fingerprint density at radius 2 is 0.729 bits per heavy atom. The van der Waals surface area contributed by atoms with Crippen molar-refractivity contribution >= 4 is 17.9 Å². The zero-order valence-corrected chi connectivity index (χ0v) is 54.1. The third-order valence-corrected chi connectivity index (χ3v) is 30.9. The summed E-state index contributed by atoms with van der Waals surface area (Å²) in [6.45, 7) is 20.9. The van der Waals surface area contributed by atoms with Gasteiger partial charge in [0, 0.05) is 19.3 Å². The number of aliphatic carboxylic acids is 3. The van der Waals surface area contributed by atoms with Gasteiger partial charge in [0.05, 0.1) is 42.7 Å². The predicted molar refractivity (Wildman–Crippen MR) is 327 cm³/mol. The average Bonchev–Trinajstić information content (AvgIpc) is 1.73. The van der Waals surface area contributed by atoms with Crippen LogP contribution in [-0.4, -0.2) is 112 Å². The second-order valence-electron chi connectivity index (χ2n) is 34.1. The molecule has 12 aliphatic rings. The van der Waals surface area contributed by atoms with Crippen LogP contribution in [0.3, 0.4) is 0 Å².